The molecule has 1 fully saturated rings. The molecule has 1 aromatic heterocycles. The predicted molar refractivity (Wildman–Crippen MR) is 112 cm³/mol. The van der Waals surface area contributed by atoms with Crippen LogP contribution in [-0.2, 0) is 9.47 Å². The second-order valence-electron chi connectivity index (χ2n) is 7.47. The SMILES string of the molecule is C=C1[C@H](n2ccc(NC(=O)OCCCCCCCCCC)nc2=O)O[C@H](CO)[C@H]1O. The highest BCUT2D eigenvalue weighted by atomic mass is 16.6. The predicted octanol–water partition coefficient (Wildman–Crippen LogP) is 2.74. The second kappa shape index (κ2) is 12.5. The maximum Gasteiger partial charge on any atom is 0.412 e. The zero-order chi connectivity index (χ0) is 21.9. The third-order valence-corrected chi connectivity index (χ3v) is 5.08. The van der Waals surface area contributed by atoms with E-state index in [1.807, 2.05) is 0 Å². The standard InChI is InChI=1S/C21H33N3O6/c1-3-4-5-6-7-8-9-10-13-29-21(28)23-17-11-12-24(20(27)22-17)19-15(2)18(26)16(14-25)30-19/h11-12,16,18-19,25-26H,2-10,13-14H2,1H3,(H,22,23,27,28)/t16-,18+,19-/m1/s1. The van der Waals surface area contributed by atoms with Crippen LogP contribution >= 0.6 is 0 Å². The highest BCUT2D eigenvalue weighted by molar-refractivity contribution is 5.83. The normalized spacial score (nSPS) is 21.0. The summed E-state index contributed by atoms with van der Waals surface area (Å²) >= 11 is 0. The van der Waals surface area contributed by atoms with E-state index in [1.165, 1.54) is 44.4 Å². The topological polar surface area (TPSA) is 123 Å². The number of hydrogen-bond donors (Lipinski definition) is 3. The molecule has 0 radical (unpaired) electrons. The van der Waals surface area contributed by atoms with E-state index in [0.29, 0.717) is 6.61 Å². The molecule has 168 valence electrons. The first-order valence-corrected chi connectivity index (χ1v) is 10.6. The number of unbranched alkanes of at least 4 members (excludes halogenated alkanes) is 7. The van der Waals surface area contributed by atoms with Crippen molar-refractivity contribution in [1.82, 2.24) is 9.55 Å². The first-order chi connectivity index (χ1) is 14.5. The van der Waals surface area contributed by atoms with Gasteiger partial charge in [0.25, 0.3) is 0 Å². The van der Waals surface area contributed by atoms with Crippen molar-refractivity contribution in [3.8, 4) is 0 Å². The smallest absolute Gasteiger partial charge is 0.412 e. The lowest BCUT2D eigenvalue weighted by Gasteiger charge is -2.15. The van der Waals surface area contributed by atoms with Crippen molar-refractivity contribution in [3.05, 3.63) is 34.9 Å². The summed E-state index contributed by atoms with van der Waals surface area (Å²) in [4.78, 5) is 27.9. The Morgan fingerprint density at radius 2 is 1.93 bits per heavy atom. The monoisotopic (exact) mass is 423 g/mol. The Bertz CT molecular complexity index is 751. The van der Waals surface area contributed by atoms with Gasteiger partial charge < -0.3 is 19.7 Å². The molecule has 1 amide bonds. The summed E-state index contributed by atoms with van der Waals surface area (Å²) in [6, 6.07) is 1.42. The second-order valence-corrected chi connectivity index (χ2v) is 7.47. The Hall–Kier alpha value is -2.23. The highest BCUT2D eigenvalue weighted by Crippen LogP contribution is 2.31. The number of carbonyl (C=O) groups excluding carboxylic acids is 1. The summed E-state index contributed by atoms with van der Waals surface area (Å²) in [6.45, 7) is 5.82. The number of aromatic nitrogens is 2. The van der Waals surface area contributed by atoms with Crippen molar-refractivity contribution < 1.29 is 24.5 Å². The molecule has 3 N–H and O–H groups in total. The lowest BCUT2D eigenvalue weighted by atomic mass is 10.1. The van der Waals surface area contributed by atoms with Crippen molar-refractivity contribution in [2.24, 2.45) is 0 Å². The van der Waals surface area contributed by atoms with Crippen LogP contribution < -0.4 is 11.0 Å². The van der Waals surface area contributed by atoms with Crippen LogP contribution in [0.2, 0.25) is 0 Å². The Balaban J connectivity index is 1.73. The van der Waals surface area contributed by atoms with Crippen LogP contribution in [0.15, 0.2) is 29.2 Å². The first-order valence-electron chi connectivity index (χ1n) is 10.6. The molecule has 0 aliphatic carbocycles. The van der Waals surface area contributed by atoms with Crippen molar-refractivity contribution in [1.29, 1.82) is 0 Å². The number of anilines is 1. The number of rotatable bonds is 12. The van der Waals surface area contributed by atoms with Crippen LogP contribution in [0.5, 0.6) is 0 Å². The maximum atomic E-state index is 12.3. The first kappa shape index (κ1) is 24.0. The van der Waals surface area contributed by atoms with E-state index in [0.717, 1.165) is 23.8 Å². The largest absolute Gasteiger partial charge is 0.449 e. The minimum Gasteiger partial charge on any atom is -0.449 e. The van der Waals surface area contributed by atoms with Crippen molar-refractivity contribution in [2.45, 2.75) is 76.7 Å². The van der Waals surface area contributed by atoms with Gasteiger partial charge in [0.05, 0.1) is 13.2 Å². The quantitative estimate of drug-likeness (QED) is 0.349. The summed E-state index contributed by atoms with van der Waals surface area (Å²) in [6.07, 6.45) is 7.08. The number of nitrogens with one attached hydrogen (secondary N) is 1. The Kier molecular flexibility index (Phi) is 9.99. The van der Waals surface area contributed by atoms with Gasteiger partial charge in [0.15, 0.2) is 6.23 Å². The number of amides is 1. The van der Waals surface area contributed by atoms with Crippen LogP contribution in [0, 0.1) is 0 Å². The third kappa shape index (κ3) is 6.93. The van der Waals surface area contributed by atoms with Gasteiger partial charge in [-0.1, -0.05) is 58.4 Å². The fourth-order valence-electron chi connectivity index (χ4n) is 3.30. The molecular weight excluding hydrogens is 390 g/mol. The molecule has 2 rings (SSSR count). The van der Waals surface area contributed by atoms with Crippen molar-refractivity contribution >= 4 is 11.9 Å². The van der Waals surface area contributed by atoms with E-state index < -0.39 is 36.8 Å². The van der Waals surface area contributed by atoms with Crippen LogP contribution in [0.4, 0.5) is 10.6 Å². The average Bonchev–Trinajstić information content (AvgIpc) is 3.01. The number of carbonyl (C=O) groups is 1. The van der Waals surface area contributed by atoms with Crippen LogP contribution in [0.25, 0.3) is 0 Å². The van der Waals surface area contributed by atoms with Gasteiger partial charge in [-0.05, 0) is 12.5 Å². The molecule has 0 unspecified atom stereocenters. The fraction of sp³-hybridized carbons (Fsp3) is 0.667. The lowest BCUT2D eigenvalue weighted by molar-refractivity contribution is -0.0447. The molecule has 1 aliphatic rings. The summed E-state index contributed by atoms with van der Waals surface area (Å²) < 4.78 is 11.7. The molecule has 0 bridgehead atoms. The number of aliphatic hydroxyl groups excluding tert-OH is 2. The maximum absolute atomic E-state index is 12.3. The van der Waals surface area contributed by atoms with E-state index in [1.54, 1.807) is 0 Å². The minimum absolute atomic E-state index is 0.0556. The van der Waals surface area contributed by atoms with Crippen LogP contribution in [0.1, 0.15) is 64.5 Å². The van der Waals surface area contributed by atoms with E-state index in [-0.39, 0.29) is 11.4 Å². The summed E-state index contributed by atoms with van der Waals surface area (Å²) in [5, 5.41) is 21.6. The number of hydrogen-bond acceptors (Lipinski definition) is 7. The molecular formula is C21H33N3O6. The van der Waals surface area contributed by atoms with Gasteiger partial charge in [-0.15, -0.1) is 0 Å². The van der Waals surface area contributed by atoms with Gasteiger partial charge in [0.2, 0.25) is 0 Å². The zero-order valence-corrected chi connectivity index (χ0v) is 17.6. The number of aliphatic hydroxyl groups is 2. The molecule has 2 heterocycles. The van der Waals surface area contributed by atoms with E-state index in [4.69, 9.17) is 9.47 Å². The van der Waals surface area contributed by atoms with Gasteiger partial charge in [0.1, 0.15) is 18.0 Å². The van der Waals surface area contributed by atoms with E-state index in [2.05, 4.69) is 23.8 Å². The summed E-state index contributed by atoms with van der Waals surface area (Å²) in [5.74, 6) is 0.0556. The molecule has 9 heteroatoms. The van der Waals surface area contributed by atoms with E-state index >= 15 is 0 Å². The third-order valence-electron chi connectivity index (χ3n) is 5.08. The van der Waals surface area contributed by atoms with Crippen molar-refractivity contribution in [2.75, 3.05) is 18.5 Å². The molecule has 3 atom stereocenters. The van der Waals surface area contributed by atoms with Gasteiger partial charge in [-0.2, -0.15) is 4.98 Å². The minimum atomic E-state index is -1.07. The fourth-order valence-corrected chi connectivity index (χ4v) is 3.30. The number of nitrogens with zero attached hydrogens (tertiary/aromatic N) is 2. The summed E-state index contributed by atoms with van der Waals surface area (Å²) in [5.41, 5.74) is -0.434. The van der Waals surface area contributed by atoms with Gasteiger partial charge in [0, 0.05) is 11.8 Å². The average molecular weight is 424 g/mol. The Labute approximate surface area is 176 Å². The van der Waals surface area contributed by atoms with Gasteiger partial charge in [-0.3, -0.25) is 9.88 Å². The number of ether oxygens (including phenoxy) is 2. The molecule has 9 nitrogen and oxygen atoms in total. The zero-order valence-electron chi connectivity index (χ0n) is 17.6. The Morgan fingerprint density at radius 3 is 2.53 bits per heavy atom. The van der Waals surface area contributed by atoms with Crippen LogP contribution in [0.3, 0.4) is 0 Å². The molecule has 0 saturated carbocycles. The highest BCUT2D eigenvalue weighted by Gasteiger charge is 2.38. The van der Waals surface area contributed by atoms with Gasteiger partial charge in [-0.25, -0.2) is 9.59 Å². The molecule has 0 aromatic carbocycles. The Morgan fingerprint density at radius 1 is 1.27 bits per heavy atom. The van der Waals surface area contributed by atoms with Gasteiger partial charge >= 0.3 is 11.8 Å². The van der Waals surface area contributed by atoms with Crippen molar-refractivity contribution in [3.63, 3.8) is 0 Å². The van der Waals surface area contributed by atoms with E-state index in [9.17, 15) is 19.8 Å². The molecule has 1 aliphatic heterocycles. The molecule has 0 spiro atoms. The lowest BCUT2D eigenvalue weighted by Crippen LogP contribution is -2.29. The molecule has 1 aromatic rings. The molecule has 30 heavy (non-hydrogen) atoms. The van der Waals surface area contributed by atoms with Crippen LogP contribution in [-0.4, -0.2) is 51.3 Å². The molecule has 1 saturated heterocycles. The summed E-state index contributed by atoms with van der Waals surface area (Å²) in [7, 11) is 0.